The molecular formula is C15H12Br3NO2. The van der Waals surface area contributed by atoms with E-state index >= 15 is 0 Å². The summed E-state index contributed by atoms with van der Waals surface area (Å²) < 4.78 is 7.69. The normalized spacial score (nSPS) is 11.8. The van der Waals surface area contributed by atoms with E-state index in [1.807, 2.05) is 42.5 Å². The minimum absolute atomic E-state index is 0.341. The van der Waals surface area contributed by atoms with Crippen molar-refractivity contribution in [3.8, 4) is 0 Å². The zero-order chi connectivity index (χ0) is 15.4. The summed E-state index contributed by atoms with van der Waals surface area (Å²) in [5.41, 5.74) is 1.66. The SMILES string of the molecule is COC(=O)C(Nc1ccc(Br)cc1)c1ccc(Br)c(Br)c1. The smallest absolute Gasteiger partial charge is 0.332 e. The van der Waals surface area contributed by atoms with E-state index in [1.165, 1.54) is 7.11 Å². The summed E-state index contributed by atoms with van der Waals surface area (Å²) in [6.45, 7) is 0. The molecule has 0 heterocycles. The highest BCUT2D eigenvalue weighted by Gasteiger charge is 2.22. The van der Waals surface area contributed by atoms with Crippen molar-refractivity contribution < 1.29 is 9.53 Å². The Bertz CT molecular complexity index is 644. The van der Waals surface area contributed by atoms with Gasteiger partial charge in [0.25, 0.3) is 0 Å². The maximum atomic E-state index is 12.1. The van der Waals surface area contributed by atoms with Gasteiger partial charge >= 0.3 is 5.97 Å². The molecule has 0 aromatic heterocycles. The van der Waals surface area contributed by atoms with E-state index in [2.05, 4.69) is 53.1 Å². The van der Waals surface area contributed by atoms with Crippen molar-refractivity contribution in [2.24, 2.45) is 0 Å². The highest BCUT2D eigenvalue weighted by Crippen LogP contribution is 2.29. The Labute approximate surface area is 148 Å². The van der Waals surface area contributed by atoms with Crippen molar-refractivity contribution in [2.75, 3.05) is 12.4 Å². The van der Waals surface area contributed by atoms with Crippen molar-refractivity contribution in [1.82, 2.24) is 0 Å². The Hall–Kier alpha value is -0.850. The number of anilines is 1. The van der Waals surface area contributed by atoms with Gasteiger partial charge in [0, 0.05) is 19.1 Å². The van der Waals surface area contributed by atoms with E-state index in [0.29, 0.717) is 0 Å². The number of esters is 1. The molecule has 0 bridgehead atoms. The molecule has 0 saturated heterocycles. The predicted octanol–water partition coefficient (Wildman–Crippen LogP) is 5.30. The molecule has 21 heavy (non-hydrogen) atoms. The van der Waals surface area contributed by atoms with Gasteiger partial charge in [0.1, 0.15) is 0 Å². The number of carbonyl (C=O) groups excluding carboxylic acids is 1. The zero-order valence-corrected chi connectivity index (χ0v) is 15.8. The van der Waals surface area contributed by atoms with E-state index in [-0.39, 0.29) is 5.97 Å². The first kappa shape index (κ1) is 16.5. The molecule has 2 aromatic rings. The van der Waals surface area contributed by atoms with Crippen LogP contribution in [-0.2, 0) is 9.53 Å². The Morgan fingerprint density at radius 1 is 1.05 bits per heavy atom. The first-order valence-corrected chi connectivity index (χ1v) is 8.44. The molecule has 3 nitrogen and oxygen atoms in total. The number of carbonyl (C=O) groups is 1. The van der Waals surface area contributed by atoms with Crippen LogP contribution in [0.4, 0.5) is 5.69 Å². The van der Waals surface area contributed by atoms with Gasteiger partial charge in [-0.1, -0.05) is 22.0 Å². The van der Waals surface area contributed by atoms with E-state index in [9.17, 15) is 4.79 Å². The molecule has 0 radical (unpaired) electrons. The molecule has 6 heteroatoms. The van der Waals surface area contributed by atoms with E-state index in [1.54, 1.807) is 0 Å². The summed E-state index contributed by atoms with van der Waals surface area (Å²) in [4.78, 5) is 12.1. The average molecular weight is 478 g/mol. The lowest BCUT2D eigenvalue weighted by atomic mass is 10.1. The van der Waals surface area contributed by atoms with Crippen LogP contribution in [0, 0.1) is 0 Å². The quantitative estimate of drug-likeness (QED) is 0.607. The first-order chi connectivity index (χ1) is 10.0. The molecule has 0 aliphatic rings. The van der Waals surface area contributed by atoms with Gasteiger partial charge in [-0.25, -0.2) is 4.79 Å². The zero-order valence-electron chi connectivity index (χ0n) is 11.1. The number of ether oxygens (including phenoxy) is 1. The third-order valence-electron chi connectivity index (χ3n) is 2.87. The van der Waals surface area contributed by atoms with Crippen molar-refractivity contribution >= 4 is 59.4 Å². The highest BCUT2D eigenvalue weighted by atomic mass is 79.9. The first-order valence-electron chi connectivity index (χ1n) is 6.06. The third kappa shape index (κ3) is 4.31. The third-order valence-corrected chi connectivity index (χ3v) is 5.28. The molecule has 0 saturated carbocycles. The Balaban J connectivity index is 2.31. The van der Waals surface area contributed by atoms with Gasteiger partial charge in [-0.15, -0.1) is 0 Å². The van der Waals surface area contributed by atoms with Crippen LogP contribution in [0.5, 0.6) is 0 Å². The number of benzene rings is 2. The monoisotopic (exact) mass is 475 g/mol. The van der Waals surface area contributed by atoms with Crippen molar-refractivity contribution in [1.29, 1.82) is 0 Å². The number of methoxy groups -OCH3 is 1. The van der Waals surface area contributed by atoms with E-state index in [4.69, 9.17) is 4.74 Å². The Morgan fingerprint density at radius 3 is 2.29 bits per heavy atom. The topological polar surface area (TPSA) is 38.3 Å². The summed E-state index contributed by atoms with van der Waals surface area (Å²) in [6, 6.07) is 12.7. The number of hydrogen-bond donors (Lipinski definition) is 1. The van der Waals surface area contributed by atoms with Gasteiger partial charge in [-0.05, 0) is 73.8 Å². The molecule has 0 aliphatic carbocycles. The molecule has 1 atom stereocenters. The van der Waals surface area contributed by atoms with Gasteiger partial charge < -0.3 is 10.1 Å². The standard InChI is InChI=1S/C15H12Br3NO2/c1-21-15(20)14(9-2-7-12(17)13(18)8-9)19-11-5-3-10(16)4-6-11/h2-8,14,19H,1H3. The van der Waals surface area contributed by atoms with Crippen LogP contribution < -0.4 is 5.32 Å². The molecule has 0 amide bonds. The van der Waals surface area contributed by atoms with Gasteiger partial charge in [0.2, 0.25) is 0 Å². The second kappa shape index (κ2) is 7.42. The fraction of sp³-hybridized carbons (Fsp3) is 0.133. The minimum Gasteiger partial charge on any atom is -0.467 e. The van der Waals surface area contributed by atoms with E-state index < -0.39 is 6.04 Å². The van der Waals surface area contributed by atoms with Crippen LogP contribution >= 0.6 is 47.8 Å². The fourth-order valence-corrected chi connectivity index (χ4v) is 2.71. The molecule has 0 fully saturated rings. The molecule has 110 valence electrons. The van der Waals surface area contributed by atoms with Crippen LogP contribution in [0.2, 0.25) is 0 Å². The number of halogens is 3. The van der Waals surface area contributed by atoms with Crippen LogP contribution in [-0.4, -0.2) is 13.1 Å². The van der Waals surface area contributed by atoms with Crippen molar-refractivity contribution in [3.05, 3.63) is 61.4 Å². The summed E-state index contributed by atoms with van der Waals surface area (Å²) >= 11 is 10.3. The van der Waals surface area contributed by atoms with Crippen molar-refractivity contribution in [2.45, 2.75) is 6.04 Å². The van der Waals surface area contributed by atoms with Crippen molar-refractivity contribution in [3.63, 3.8) is 0 Å². The molecule has 0 aliphatic heterocycles. The number of hydrogen-bond acceptors (Lipinski definition) is 3. The van der Waals surface area contributed by atoms with Crippen LogP contribution in [0.25, 0.3) is 0 Å². The van der Waals surface area contributed by atoms with Gasteiger partial charge in [0.05, 0.1) is 7.11 Å². The molecule has 2 aromatic carbocycles. The summed E-state index contributed by atoms with van der Waals surface area (Å²) in [5.74, 6) is -0.341. The lowest BCUT2D eigenvalue weighted by Crippen LogP contribution is -2.22. The van der Waals surface area contributed by atoms with Crippen LogP contribution in [0.3, 0.4) is 0 Å². The van der Waals surface area contributed by atoms with Gasteiger partial charge in [-0.2, -0.15) is 0 Å². The summed E-state index contributed by atoms with van der Waals surface area (Å²) in [5, 5.41) is 3.19. The van der Waals surface area contributed by atoms with Gasteiger partial charge in [-0.3, -0.25) is 0 Å². The fourth-order valence-electron chi connectivity index (χ4n) is 1.80. The minimum atomic E-state index is -0.569. The maximum Gasteiger partial charge on any atom is 0.332 e. The lowest BCUT2D eigenvalue weighted by Gasteiger charge is -2.18. The molecule has 2 rings (SSSR count). The molecular weight excluding hydrogens is 466 g/mol. The Morgan fingerprint density at radius 2 is 1.71 bits per heavy atom. The van der Waals surface area contributed by atoms with Gasteiger partial charge in [0.15, 0.2) is 6.04 Å². The molecule has 1 unspecified atom stereocenters. The molecule has 1 N–H and O–H groups in total. The maximum absolute atomic E-state index is 12.1. The predicted molar refractivity (Wildman–Crippen MR) is 94.4 cm³/mol. The lowest BCUT2D eigenvalue weighted by molar-refractivity contribution is -0.141. The summed E-state index contributed by atoms with van der Waals surface area (Å²) in [7, 11) is 1.38. The largest absolute Gasteiger partial charge is 0.467 e. The summed E-state index contributed by atoms with van der Waals surface area (Å²) in [6.07, 6.45) is 0. The number of nitrogens with one attached hydrogen (secondary N) is 1. The van der Waals surface area contributed by atoms with Crippen LogP contribution in [0.1, 0.15) is 11.6 Å². The van der Waals surface area contributed by atoms with Crippen LogP contribution in [0.15, 0.2) is 55.9 Å². The average Bonchev–Trinajstić information content (AvgIpc) is 2.49. The Kier molecular flexibility index (Phi) is 5.84. The highest BCUT2D eigenvalue weighted by molar-refractivity contribution is 9.13. The second-order valence-electron chi connectivity index (χ2n) is 4.28. The second-order valence-corrected chi connectivity index (χ2v) is 6.91. The van der Waals surface area contributed by atoms with E-state index in [0.717, 1.165) is 24.7 Å². The number of rotatable bonds is 4. The molecule has 0 spiro atoms.